The second kappa shape index (κ2) is 4.18. The Kier molecular flexibility index (Phi) is 2.62. The molecule has 1 heterocycles. The summed E-state index contributed by atoms with van der Waals surface area (Å²) in [6.07, 6.45) is 1.49. The van der Waals surface area contributed by atoms with Gasteiger partial charge in [0.25, 0.3) is 10.1 Å². The molecule has 3 rings (SSSR count). The zero-order valence-corrected chi connectivity index (χ0v) is 10.6. The summed E-state index contributed by atoms with van der Waals surface area (Å²) in [6.45, 7) is 0. The topological polar surface area (TPSA) is 83.0 Å². The van der Waals surface area contributed by atoms with E-state index in [2.05, 4.69) is 9.97 Å². The first kappa shape index (κ1) is 11.9. The summed E-state index contributed by atoms with van der Waals surface area (Å²) in [5, 5.41) is 0. The Morgan fingerprint density at radius 2 is 1.79 bits per heavy atom. The van der Waals surface area contributed by atoms with Gasteiger partial charge in [-0.3, -0.25) is 4.55 Å². The Hall–Kier alpha value is -2.18. The van der Waals surface area contributed by atoms with Crippen LogP contribution < -0.4 is 0 Å². The van der Waals surface area contributed by atoms with Gasteiger partial charge in [-0.15, -0.1) is 0 Å². The number of aromatic amines is 1. The molecule has 0 saturated heterocycles. The maximum absolute atomic E-state index is 11.5. The number of rotatable bonds is 2. The highest BCUT2D eigenvalue weighted by Crippen LogP contribution is 2.32. The van der Waals surface area contributed by atoms with E-state index in [-0.39, 0.29) is 4.90 Å². The predicted octanol–water partition coefficient (Wildman–Crippen LogP) is 2.48. The van der Waals surface area contributed by atoms with Gasteiger partial charge in [-0.2, -0.15) is 8.42 Å². The molecule has 0 amide bonds. The van der Waals surface area contributed by atoms with E-state index in [4.69, 9.17) is 0 Å². The number of fused-ring (bicyclic) bond motifs is 1. The molecule has 0 fully saturated rings. The van der Waals surface area contributed by atoms with Crippen LogP contribution in [0.25, 0.3) is 22.2 Å². The molecule has 0 unspecified atom stereocenters. The molecule has 2 N–H and O–H groups in total. The molecule has 0 aliphatic heterocycles. The highest BCUT2D eigenvalue weighted by molar-refractivity contribution is 7.86. The zero-order valence-electron chi connectivity index (χ0n) is 9.74. The first-order valence-corrected chi connectivity index (χ1v) is 7.00. The molecule has 3 aromatic rings. The van der Waals surface area contributed by atoms with Crippen molar-refractivity contribution in [3.05, 3.63) is 48.8 Å². The number of hydrogen-bond donors (Lipinski definition) is 2. The molecular weight excluding hydrogens is 264 g/mol. The van der Waals surface area contributed by atoms with Crippen molar-refractivity contribution in [1.29, 1.82) is 0 Å². The summed E-state index contributed by atoms with van der Waals surface area (Å²) in [6, 6.07) is 11.9. The average Bonchev–Trinajstić information content (AvgIpc) is 2.85. The van der Waals surface area contributed by atoms with E-state index in [0.29, 0.717) is 22.2 Å². The van der Waals surface area contributed by atoms with Crippen LogP contribution in [0.2, 0.25) is 0 Å². The minimum atomic E-state index is -4.30. The smallest absolute Gasteiger partial charge is 0.295 e. The van der Waals surface area contributed by atoms with Crippen molar-refractivity contribution in [2.24, 2.45) is 0 Å². The predicted molar refractivity (Wildman–Crippen MR) is 71.3 cm³/mol. The average molecular weight is 274 g/mol. The summed E-state index contributed by atoms with van der Waals surface area (Å²) in [5.41, 5.74) is 2.32. The highest BCUT2D eigenvalue weighted by Gasteiger charge is 2.20. The number of H-pyrrole nitrogens is 1. The number of nitrogens with zero attached hydrogens (tertiary/aromatic N) is 1. The van der Waals surface area contributed by atoms with Gasteiger partial charge in [-0.1, -0.05) is 30.3 Å². The summed E-state index contributed by atoms with van der Waals surface area (Å²) in [7, 11) is -4.30. The van der Waals surface area contributed by atoms with E-state index in [0.717, 1.165) is 0 Å². The third kappa shape index (κ3) is 2.00. The minimum Gasteiger partial charge on any atom is -0.345 e. The van der Waals surface area contributed by atoms with Crippen LogP contribution >= 0.6 is 0 Å². The van der Waals surface area contributed by atoms with Crippen LogP contribution in [-0.4, -0.2) is 22.9 Å². The van der Waals surface area contributed by atoms with Gasteiger partial charge in [0.2, 0.25) is 0 Å². The molecule has 6 heteroatoms. The fourth-order valence-electron chi connectivity index (χ4n) is 2.09. The summed E-state index contributed by atoms with van der Waals surface area (Å²) in [5.74, 6) is 0. The summed E-state index contributed by atoms with van der Waals surface area (Å²) in [4.78, 5) is 6.92. The maximum atomic E-state index is 11.5. The van der Waals surface area contributed by atoms with E-state index in [9.17, 15) is 13.0 Å². The van der Waals surface area contributed by atoms with E-state index >= 15 is 0 Å². The third-order valence-electron chi connectivity index (χ3n) is 2.89. The van der Waals surface area contributed by atoms with Crippen LogP contribution in [-0.2, 0) is 10.1 Å². The van der Waals surface area contributed by atoms with Gasteiger partial charge in [-0.25, -0.2) is 4.98 Å². The zero-order chi connectivity index (χ0) is 13.5. The molecule has 96 valence electrons. The fourth-order valence-corrected chi connectivity index (χ4v) is 2.80. The van der Waals surface area contributed by atoms with Crippen molar-refractivity contribution >= 4 is 21.2 Å². The molecule has 0 bridgehead atoms. The number of benzene rings is 2. The monoisotopic (exact) mass is 274 g/mol. The van der Waals surface area contributed by atoms with Crippen molar-refractivity contribution in [2.75, 3.05) is 0 Å². The van der Waals surface area contributed by atoms with Crippen LogP contribution in [0.3, 0.4) is 0 Å². The van der Waals surface area contributed by atoms with Crippen LogP contribution in [0.5, 0.6) is 0 Å². The quantitative estimate of drug-likeness (QED) is 0.703. The minimum absolute atomic E-state index is 0.140. The van der Waals surface area contributed by atoms with Crippen molar-refractivity contribution < 1.29 is 13.0 Å². The van der Waals surface area contributed by atoms with Crippen LogP contribution in [0.15, 0.2) is 53.7 Å². The van der Waals surface area contributed by atoms with Crippen molar-refractivity contribution in [3.8, 4) is 11.1 Å². The molecule has 5 nitrogen and oxygen atoms in total. The second-order valence-electron chi connectivity index (χ2n) is 4.08. The lowest BCUT2D eigenvalue weighted by Gasteiger charge is -2.08. The molecule has 0 aliphatic carbocycles. The van der Waals surface area contributed by atoms with Gasteiger partial charge in [0.05, 0.1) is 17.4 Å². The van der Waals surface area contributed by atoms with E-state index < -0.39 is 10.1 Å². The molecule has 1 aromatic heterocycles. The van der Waals surface area contributed by atoms with Gasteiger partial charge >= 0.3 is 0 Å². The summed E-state index contributed by atoms with van der Waals surface area (Å²) < 4.78 is 32.4. The van der Waals surface area contributed by atoms with Crippen LogP contribution in [0.4, 0.5) is 0 Å². The van der Waals surface area contributed by atoms with Crippen molar-refractivity contribution in [2.45, 2.75) is 4.90 Å². The molecule has 0 aliphatic rings. The van der Waals surface area contributed by atoms with Crippen molar-refractivity contribution in [3.63, 3.8) is 0 Å². The lowest BCUT2D eigenvalue weighted by molar-refractivity contribution is 0.483. The number of aromatic nitrogens is 2. The molecule has 0 atom stereocenters. The molecule has 2 aromatic carbocycles. The summed E-state index contributed by atoms with van der Waals surface area (Å²) >= 11 is 0. The fraction of sp³-hybridized carbons (Fsp3) is 0. The Bertz CT molecular complexity index is 839. The van der Waals surface area contributed by atoms with Crippen molar-refractivity contribution in [1.82, 2.24) is 9.97 Å². The van der Waals surface area contributed by atoms with E-state index in [1.54, 1.807) is 30.3 Å². The number of hydrogen-bond acceptors (Lipinski definition) is 3. The Balaban J connectivity index is 2.46. The van der Waals surface area contributed by atoms with Crippen LogP contribution in [0, 0.1) is 0 Å². The van der Waals surface area contributed by atoms with Gasteiger partial charge in [-0.05, 0) is 17.7 Å². The Morgan fingerprint density at radius 3 is 2.47 bits per heavy atom. The third-order valence-corrected chi connectivity index (χ3v) is 3.79. The van der Waals surface area contributed by atoms with Gasteiger partial charge in [0.1, 0.15) is 4.90 Å². The largest absolute Gasteiger partial charge is 0.345 e. The lowest BCUT2D eigenvalue weighted by atomic mass is 10.0. The van der Waals surface area contributed by atoms with Gasteiger partial charge in [0, 0.05) is 5.56 Å². The number of nitrogens with one attached hydrogen (secondary N) is 1. The van der Waals surface area contributed by atoms with Gasteiger partial charge < -0.3 is 4.98 Å². The molecule has 0 radical (unpaired) electrons. The van der Waals surface area contributed by atoms with E-state index in [1.165, 1.54) is 12.4 Å². The molecule has 0 spiro atoms. The molecular formula is C13H10N2O3S. The van der Waals surface area contributed by atoms with Gasteiger partial charge in [0.15, 0.2) is 0 Å². The second-order valence-corrected chi connectivity index (χ2v) is 5.47. The Labute approximate surface area is 109 Å². The SMILES string of the molecule is O=S(=O)(O)c1ccc2[nH]cnc2c1-c1ccccc1. The van der Waals surface area contributed by atoms with E-state index in [1.807, 2.05) is 6.07 Å². The molecule has 0 saturated carbocycles. The standard InChI is InChI=1S/C13H10N2O3S/c16-19(17,18)11-7-6-10-13(15-8-14-10)12(11)9-4-2-1-3-5-9/h1-8H,(H,14,15)(H,16,17,18). The first-order valence-electron chi connectivity index (χ1n) is 5.56. The Morgan fingerprint density at radius 1 is 1.05 bits per heavy atom. The van der Waals surface area contributed by atoms with Crippen LogP contribution in [0.1, 0.15) is 0 Å². The normalized spacial score (nSPS) is 11.8. The lowest BCUT2D eigenvalue weighted by Crippen LogP contribution is -2.01. The maximum Gasteiger partial charge on any atom is 0.295 e. The first-order chi connectivity index (χ1) is 9.07. The molecule has 19 heavy (non-hydrogen) atoms. The highest BCUT2D eigenvalue weighted by atomic mass is 32.2. The number of imidazole rings is 1.